The van der Waals surface area contributed by atoms with Crippen molar-refractivity contribution >= 4 is 22.4 Å². The predicted octanol–water partition coefficient (Wildman–Crippen LogP) is -0.0368. The van der Waals surface area contributed by atoms with Gasteiger partial charge in [-0.3, -0.25) is 4.79 Å². The van der Waals surface area contributed by atoms with Crippen LogP contribution in [-0.4, -0.2) is 45.3 Å². The highest BCUT2D eigenvalue weighted by Crippen LogP contribution is 2.26. The third-order valence-corrected chi connectivity index (χ3v) is 3.69. The number of amides is 1. The lowest BCUT2D eigenvalue weighted by atomic mass is 10.0. The Labute approximate surface area is 97.1 Å². The minimum Gasteiger partial charge on any atom is -0.394 e. The number of aromatic nitrogens is 2. The van der Waals surface area contributed by atoms with E-state index in [0.29, 0.717) is 17.5 Å². The van der Waals surface area contributed by atoms with Crippen molar-refractivity contribution in [2.45, 2.75) is 19.4 Å². The van der Waals surface area contributed by atoms with Gasteiger partial charge in [-0.1, -0.05) is 18.3 Å². The summed E-state index contributed by atoms with van der Waals surface area (Å²) in [5.74, 6) is 0.136. The third kappa shape index (κ3) is 1.88. The molecule has 6 nitrogen and oxygen atoms in total. The number of aliphatic hydroxyl groups is 1. The molecule has 3 N–H and O–H groups in total. The van der Waals surface area contributed by atoms with Gasteiger partial charge in [-0.2, -0.15) is 0 Å². The standard InChI is InChI=1S/C9H14N4O2S/c1-5-2-3-13(6(5)4-14)8(15)7-11-12-9(10)16-7/h5-6,14H,2-4H2,1H3,(H2,10,12). The summed E-state index contributed by atoms with van der Waals surface area (Å²) < 4.78 is 0. The van der Waals surface area contributed by atoms with Gasteiger partial charge in [-0.25, -0.2) is 0 Å². The number of nitrogens with zero attached hydrogens (tertiary/aromatic N) is 3. The fraction of sp³-hybridized carbons (Fsp3) is 0.667. The molecule has 0 aromatic carbocycles. The smallest absolute Gasteiger partial charge is 0.285 e. The van der Waals surface area contributed by atoms with Gasteiger partial charge >= 0.3 is 0 Å². The number of likely N-dealkylation sites (tertiary alicyclic amines) is 1. The molecule has 2 heterocycles. The van der Waals surface area contributed by atoms with Crippen molar-refractivity contribution in [3.8, 4) is 0 Å². The van der Waals surface area contributed by atoms with Crippen LogP contribution in [-0.2, 0) is 0 Å². The normalized spacial score (nSPS) is 25.0. The number of carbonyl (C=O) groups excluding carboxylic acids is 1. The average molecular weight is 242 g/mol. The van der Waals surface area contributed by atoms with Crippen LogP contribution in [0.15, 0.2) is 0 Å². The minimum absolute atomic E-state index is 0.0127. The summed E-state index contributed by atoms with van der Waals surface area (Å²) in [4.78, 5) is 13.7. The van der Waals surface area contributed by atoms with E-state index in [-0.39, 0.29) is 23.7 Å². The Bertz CT molecular complexity index is 395. The average Bonchev–Trinajstić information content (AvgIpc) is 2.83. The van der Waals surface area contributed by atoms with Crippen molar-refractivity contribution in [2.75, 3.05) is 18.9 Å². The Hall–Kier alpha value is -1.21. The highest BCUT2D eigenvalue weighted by atomic mass is 32.1. The fourth-order valence-corrected chi connectivity index (χ4v) is 2.55. The van der Waals surface area contributed by atoms with E-state index in [0.717, 1.165) is 17.8 Å². The first-order chi connectivity index (χ1) is 7.63. The number of hydrogen-bond acceptors (Lipinski definition) is 6. The number of anilines is 1. The summed E-state index contributed by atoms with van der Waals surface area (Å²) in [5.41, 5.74) is 5.43. The molecular formula is C9H14N4O2S. The van der Waals surface area contributed by atoms with Crippen molar-refractivity contribution in [1.29, 1.82) is 0 Å². The first-order valence-corrected chi connectivity index (χ1v) is 5.96. The molecule has 2 rings (SSSR count). The van der Waals surface area contributed by atoms with Gasteiger partial charge < -0.3 is 15.7 Å². The second-order valence-corrected chi connectivity index (χ2v) is 4.97. The number of aliphatic hydroxyl groups excluding tert-OH is 1. The first-order valence-electron chi connectivity index (χ1n) is 5.14. The van der Waals surface area contributed by atoms with Crippen LogP contribution in [0.4, 0.5) is 5.13 Å². The molecule has 2 unspecified atom stereocenters. The molecular weight excluding hydrogens is 228 g/mol. The van der Waals surface area contributed by atoms with Crippen LogP contribution < -0.4 is 5.73 Å². The van der Waals surface area contributed by atoms with Crippen molar-refractivity contribution in [2.24, 2.45) is 5.92 Å². The molecule has 2 atom stereocenters. The second kappa shape index (κ2) is 4.34. The maximum atomic E-state index is 12.0. The van der Waals surface area contributed by atoms with Gasteiger partial charge in [0.2, 0.25) is 10.1 Å². The number of nitrogen functional groups attached to an aromatic ring is 1. The predicted molar refractivity (Wildman–Crippen MR) is 60.0 cm³/mol. The van der Waals surface area contributed by atoms with E-state index in [2.05, 4.69) is 10.2 Å². The molecule has 1 aliphatic rings. The van der Waals surface area contributed by atoms with Crippen molar-refractivity contribution in [3.63, 3.8) is 0 Å². The van der Waals surface area contributed by atoms with Gasteiger partial charge in [0, 0.05) is 6.54 Å². The minimum atomic E-state index is -0.183. The molecule has 88 valence electrons. The summed E-state index contributed by atoms with van der Waals surface area (Å²) in [5, 5.41) is 17.2. The topological polar surface area (TPSA) is 92.3 Å². The molecule has 7 heteroatoms. The van der Waals surface area contributed by atoms with Gasteiger partial charge in [0.25, 0.3) is 5.91 Å². The molecule has 0 aliphatic carbocycles. The number of rotatable bonds is 2. The van der Waals surface area contributed by atoms with Crippen LogP contribution in [0, 0.1) is 5.92 Å². The van der Waals surface area contributed by atoms with Crippen molar-refractivity contribution < 1.29 is 9.90 Å². The number of hydrogen-bond donors (Lipinski definition) is 2. The largest absolute Gasteiger partial charge is 0.394 e. The summed E-state index contributed by atoms with van der Waals surface area (Å²) >= 11 is 1.08. The summed E-state index contributed by atoms with van der Waals surface area (Å²) in [6.07, 6.45) is 0.908. The van der Waals surface area contributed by atoms with Crippen molar-refractivity contribution in [1.82, 2.24) is 15.1 Å². The van der Waals surface area contributed by atoms with Crippen LogP contribution in [0.5, 0.6) is 0 Å². The zero-order chi connectivity index (χ0) is 11.7. The Kier molecular flexibility index (Phi) is 3.06. The third-order valence-electron chi connectivity index (χ3n) is 2.95. The lowest BCUT2D eigenvalue weighted by molar-refractivity contribution is 0.0647. The van der Waals surface area contributed by atoms with Crippen LogP contribution >= 0.6 is 11.3 Å². The fourth-order valence-electron chi connectivity index (χ4n) is 1.98. The quantitative estimate of drug-likeness (QED) is 0.759. The molecule has 16 heavy (non-hydrogen) atoms. The zero-order valence-electron chi connectivity index (χ0n) is 8.96. The lowest BCUT2D eigenvalue weighted by Crippen LogP contribution is -2.39. The maximum absolute atomic E-state index is 12.0. The van der Waals surface area contributed by atoms with Gasteiger partial charge in [-0.05, 0) is 12.3 Å². The van der Waals surface area contributed by atoms with Crippen molar-refractivity contribution in [3.05, 3.63) is 5.01 Å². The molecule has 0 spiro atoms. The summed E-state index contributed by atoms with van der Waals surface area (Å²) in [6, 6.07) is -0.113. The van der Waals surface area contributed by atoms with E-state index in [4.69, 9.17) is 5.73 Å². The molecule has 1 amide bonds. The highest BCUT2D eigenvalue weighted by molar-refractivity contribution is 7.16. The number of carbonyl (C=O) groups is 1. The van der Waals surface area contributed by atoms with Gasteiger partial charge in [0.05, 0.1) is 12.6 Å². The molecule has 0 saturated carbocycles. The lowest BCUT2D eigenvalue weighted by Gasteiger charge is -2.23. The molecule has 1 aromatic heterocycles. The van der Waals surface area contributed by atoms with E-state index in [1.165, 1.54) is 0 Å². The Morgan fingerprint density at radius 1 is 1.69 bits per heavy atom. The summed E-state index contributed by atoms with van der Waals surface area (Å²) in [6.45, 7) is 2.68. The van der Waals surface area contributed by atoms with Gasteiger partial charge in [-0.15, -0.1) is 10.2 Å². The van der Waals surface area contributed by atoms with E-state index < -0.39 is 0 Å². The molecule has 1 aliphatic heterocycles. The van der Waals surface area contributed by atoms with Crippen LogP contribution in [0.3, 0.4) is 0 Å². The maximum Gasteiger partial charge on any atom is 0.285 e. The highest BCUT2D eigenvalue weighted by Gasteiger charge is 2.35. The SMILES string of the molecule is CC1CCN(C(=O)c2nnc(N)s2)C1CO. The van der Waals surface area contributed by atoms with Crippen LogP contribution in [0.2, 0.25) is 0 Å². The van der Waals surface area contributed by atoms with E-state index in [1.807, 2.05) is 6.92 Å². The molecule has 0 bridgehead atoms. The molecule has 1 aromatic rings. The van der Waals surface area contributed by atoms with E-state index in [1.54, 1.807) is 4.90 Å². The number of nitrogens with two attached hydrogens (primary N) is 1. The first kappa shape index (κ1) is 11.3. The monoisotopic (exact) mass is 242 g/mol. The molecule has 1 saturated heterocycles. The Morgan fingerprint density at radius 2 is 2.44 bits per heavy atom. The van der Waals surface area contributed by atoms with Crippen LogP contribution in [0.1, 0.15) is 23.1 Å². The van der Waals surface area contributed by atoms with E-state index >= 15 is 0 Å². The molecule has 0 radical (unpaired) electrons. The zero-order valence-corrected chi connectivity index (χ0v) is 9.78. The van der Waals surface area contributed by atoms with Gasteiger partial charge in [0.15, 0.2) is 0 Å². The second-order valence-electron chi connectivity index (χ2n) is 3.96. The summed E-state index contributed by atoms with van der Waals surface area (Å²) in [7, 11) is 0. The Morgan fingerprint density at radius 3 is 3.00 bits per heavy atom. The van der Waals surface area contributed by atoms with Crippen LogP contribution in [0.25, 0.3) is 0 Å². The van der Waals surface area contributed by atoms with Gasteiger partial charge in [0.1, 0.15) is 0 Å². The Balaban J connectivity index is 2.16. The molecule has 1 fully saturated rings. The van der Waals surface area contributed by atoms with E-state index in [9.17, 15) is 9.90 Å².